The number of rotatable bonds is 5. The number of carbonyl (C=O) groups is 1. The lowest BCUT2D eigenvalue weighted by molar-refractivity contribution is 0.0490. The molecule has 0 unspecified atom stereocenters. The van der Waals surface area contributed by atoms with Crippen LogP contribution in [0.2, 0.25) is 0 Å². The van der Waals surface area contributed by atoms with Crippen molar-refractivity contribution < 1.29 is 9.53 Å². The Bertz CT molecular complexity index is 658. The second-order valence-electron chi connectivity index (χ2n) is 8.60. The van der Waals surface area contributed by atoms with Crippen LogP contribution in [0, 0.1) is 0 Å². The van der Waals surface area contributed by atoms with Crippen LogP contribution in [0.3, 0.4) is 0 Å². The minimum Gasteiger partial charge on any atom is -0.444 e. The number of thiazole rings is 1. The molecule has 0 bridgehead atoms. The van der Waals surface area contributed by atoms with Crippen molar-refractivity contribution in [1.29, 1.82) is 0 Å². The number of hydrogen-bond donors (Lipinski definition) is 3. The average Bonchev–Trinajstić information content (AvgIpc) is 3.07. The number of aliphatic imine (C=N–C) groups is 1. The Labute approximate surface area is 172 Å². The van der Waals surface area contributed by atoms with E-state index in [2.05, 4.69) is 45.2 Å². The van der Waals surface area contributed by atoms with Crippen LogP contribution in [0.4, 0.5) is 4.79 Å². The molecular weight excluding hydrogens is 374 g/mol. The van der Waals surface area contributed by atoms with Gasteiger partial charge in [0, 0.05) is 30.4 Å². The number of ether oxygens (including phenoxy) is 1. The van der Waals surface area contributed by atoms with E-state index < -0.39 is 5.60 Å². The average molecular weight is 410 g/mol. The van der Waals surface area contributed by atoms with Gasteiger partial charge in [-0.2, -0.15) is 0 Å². The number of amides is 1. The van der Waals surface area contributed by atoms with Crippen molar-refractivity contribution in [3.8, 4) is 0 Å². The van der Waals surface area contributed by atoms with Gasteiger partial charge in [-0.1, -0.05) is 13.8 Å². The molecule has 0 aromatic carbocycles. The van der Waals surface area contributed by atoms with E-state index in [4.69, 9.17) is 4.74 Å². The molecule has 0 radical (unpaired) electrons. The van der Waals surface area contributed by atoms with Crippen LogP contribution in [0.1, 0.15) is 76.9 Å². The van der Waals surface area contributed by atoms with Crippen molar-refractivity contribution >= 4 is 23.4 Å². The quantitative estimate of drug-likeness (QED) is 0.509. The summed E-state index contributed by atoms with van der Waals surface area (Å²) in [4.78, 5) is 20.9. The molecule has 0 atom stereocenters. The fourth-order valence-electron chi connectivity index (χ4n) is 3.09. The Morgan fingerprint density at radius 1 is 1.25 bits per heavy atom. The number of nitrogens with one attached hydrogen (secondary N) is 3. The highest BCUT2D eigenvalue weighted by molar-refractivity contribution is 7.09. The molecule has 1 fully saturated rings. The number of hydrogen-bond acceptors (Lipinski definition) is 5. The summed E-state index contributed by atoms with van der Waals surface area (Å²) in [5.74, 6) is 1.25. The van der Waals surface area contributed by atoms with Crippen LogP contribution in [0.25, 0.3) is 0 Å². The lowest BCUT2D eigenvalue weighted by Crippen LogP contribution is -2.47. The largest absolute Gasteiger partial charge is 0.444 e. The van der Waals surface area contributed by atoms with Crippen LogP contribution in [0.15, 0.2) is 10.4 Å². The van der Waals surface area contributed by atoms with Crippen LogP contribution >= 0.6 is 11.3 Å². The Morgan fingerprint density at radius 3 is 2.36 bits per heavy atom. The van der Waals surface area contributed by atoms with Crippen LogP contribution < -0.4 is 16.0 Å². The molecule has 8 heteroatoms. The van der Waals surface area contributed by atoms with Gasteiger partial charge in [-0.3, -0.25) is 4.99 Å². The smallest absolute Gasteiger partial charge is 0.407 e. The Hall–Kier alpha value is -1.83. The molecule has 0 spiro atoms. The van der Waals surface area contributed by atoms with E-state index in [-0.39, 0.29) is 12.1 Å². The second-order valence-corrected chi connectivity index (χ2v) is 9.49. The van der Waals surface area contributed by atoms with E-state index in [9.17, 15) is 4.79 Å². The van der Waals surface area contributed by atoms with Crippen molar-refractivity contribution in [2.75, 3.05) is 7.05 Å². The third-order valence-corrected chi connectivity index (χ3v) is 5.71. The number of nitrogens with zero attached hydrogens (tertiary/aromatic N) is 2. The minimum atomic E-state index is -0.464. The molecule has 1 aromatic rings. The number of aromatic nitrogens is 1. The van der Waals surface area contributed by atoms with Gasteiger partial charge in [0.1, 0.15) is 5.60 Å². The van der Waals surface area contributed by atoms with Gasteiger partial charge in [-0.05, 0) is 46.5 Å². The molecule has 0 saturated heterocycles. The van der Waals surface area contributed by atoms with E-state index in [1.807, 2.05) is 20.8 Å². The van der Waals surface area contributed by atoms with Gasteiger partial charge in [0.2, 0.25) is 0 Å². The van der Waals surface area contributed by atoms with Gasteiger partial charge in [-0.15, -0.1) is 11.3 Å². The summed E-state index contributed by atoms with van der Waals surface area (Å²) in [7, 11) is 1.78. The normalized spacial score (nSPS) is 20.8. The first kappa shape index (κ1) is 22.5. The topological polar surface area (TPSA) is 87.6 Å². The van der Waals surface area contributed by atoms with Crippen molar-refractivity contribution in [2.45, 2.75) is 90.4 Å². The second kappa shape index (κ2) is 10.1. The fraction of sp³-hybridized carbons (Fsp3) is 0.750. The molecule has 1 heterocycles. The van der Waals surface area contributed by atoms with Crippen LogP contribution in [-0.2, 0) is 11.3 Å². The molecule has 0 aliphatic heterocycles. The number of alkyl carbamates (subject to hydrolysis) is 1. The first-order valence-corrected chi connectivity index (χ1v) is 10.9. The van der Waals surface area contributed by atoms with Crippen molar-refractivity contribution in [3.63, 3.8) is 0 Å². The van der Waals surface area contributed by atoms with Crippen LogP contribution in [0.5, 0.6) is 0 Å². The summed E-state index contributed by atoms with van der Waals surface area (Å²) >= 11 is 1.70. The standard InChI is InChI=1S/C20H35N5O2S/c1-13(2)17-23-16(12-28-17)11-22-18(21-6)24-14-7-9-15(10-8-14)25-19(26)27-20(3,4)5/h12-15H,7-11H2,1-6H3,(H,25,26)(H2,21,22,24). The summed E-state index contributed by atoms with van der Waals surface area (Å²) in [5, 5.41) is 13.1. The molecular formula is C20H35N5O2S. The van der Waals surface area contributed by atoms with Crippen molar-refractivity contribution in [1.82, 2.24) is 20.9 Å². The SMILES string of the molecule is CN=C(NCc1csc(C(C)C)n1)NC1CCC(NC(=O)OC(C)(C)C)CC1. The first-order valence-electron chi connectivity index (χ1n) is 10.1. The Kier molecular flexibility index (Phi) is 8.10. The van der Waals surface area contributed by atoms with Crippen LogP contribution in [-0.4, -0.2) is 41.8 Å². The molecule has 7 nitrogen and oxygen atoms in total. The van der Waals surface area contributed by atoms with E-state index >= 15 is 0 Å². The summed E-state index contributed by atoms with van der Waals surface area (Å²) in [6.45, 7) is 10.6. The predicted octanol–water partition coefficient (Wildman–Crippen LogP) is 3.77. The molecule has 158 valence electrons. The maximum absolute atomic E-state index is 11.9. The summed E-state index contributed by atoms with van der Waals surface area (Å²) in [5.41, 5.74) is 0.579. The lowest BCUT2D eigenvalue weighted by atomic mass is 9.91. The molecule has 28 heavy (non-hydrogen) atoms. The van der Waals surface area contributed by atoms with Gasteiger partial charge in [-0.25, -0.2) is 9.78 Å². The molecule has 1 aliphatic carbocycles. The third kappa shape index (κ3) is 7.66. The highest BCUT2D eigenvalue weighted by Crippen LogP contribution is 2.20. The molecule has 1 aliphatic rings. The van der Waals surface area contributed by atoms with Crippen molar-refractivity contribution in [2.24, 2.45) is 4.99 Å². The van der Waals surface area contributed by atoms with E-state index in [0.717, 1.165) is 42.3 Å². The molecule has 1 aromatic heterocycles. The number of carbonyl (C=O) groups excluding carboxylic acids is 1. The van der Waals surface area contributed by atoms with Gasteiger partial charge < -0.3 is 20.7 Å². The first-order chi connectivity index (χ1) is 13.2. The van der Waals surface area contributed by atoms with Crippen molar-refractivity contribution in [3.05, 3.63) is 16.1 Å². The van der Waals surface area contributed by atoms with Gasteiger partial charge in [0.15, 0.2) is 5.96 Å². The minimum absolute atomic E-state index is 0.173. The Morgan fingerprint density at radius 2 is 1.86 bits per heavy atom. The molecule has 1 amide bonds. The lowest BCUT2D eigenvalue weighted by Gasteiger charge is -2.31. The van der Waals surface area contributed by atoms with Gasteiger partial charge in [0.05, 0.1) is 17.2 Å². The molecule has 1 saturated carbocycles. The zero-order chi connectivity index (χ0) is 20.7. The van der Waals surface area contributed by atoms with E-state index in [1.54, 1.807) is 18.4 Å². The number of guanidine groups is 1. The molecule has 3 N–H and O–H groups in total. The monoisotopic (exact) mass is 409 g/mol. The van der Waals surface area contributed by atoms with Gasteiger partial charge >= 0.3 is 6.09 Å². The zero-order valence-corrected chi connectivity index (χ0v) is 18.8. The van der Waals surface area contributed by atoms with Gasteiger partial charge in [0.25, 0.3) is 0 Å². The Balaban J connectivity index is 1.72. The zero-order valence-electron chi connectivity index (χ0n) is 18.0. The van der Waals surface area contributed by atoms with E-state index in [0.29, 0.717) is 18.5 Å². The van der Waals surface area contributed by atoms with E-state index in [1.165, 1.54) is 0 Å². The summed E-state index contributed by atoms with van der Waals surface area (Å²) in [6.07, 6.45) is 3.49. The summed E-state index contributed by atoms with van der Waals surface area (Å²) < 4.78 is 5.34. The predicted molar refractivity (Wildman–Crippen MR) is 115 cm³/mol. The fourth-order valence-corrected chi connectivity index (χ4v) is 3.92. The highest BCUT2D eigenvalue weighted by atomic mass is 32.1. The molecule has 2 rings (SSSR count). The summed E-state index contributed by atoms with van der Waals surface area (Å²) in [6, 6.07) is 0.525. The maximum atomic E-state index is 11.9. The maximum Gasteiger partial charge on any atom is 0.407 e. The third-order valence-electron chi connectivity index (χ3n) is 4.51. The highest BCUT2D eigenvalue weighted by Gasteiger charge is 2.25.